The molecule has 0 radical (unpaired) electrons. The lowest BCUT2D eigenvalue weighted by Crippen LogP contribution is -1.97. The van der Waals surface area contributed by atoms with E-state index in [0.29, 0.717) is 0 Å². The van der Waals surface area contributed by atoms with Crippen LogP contribution in [0.3, 0.4) is 0 Å². The van der Waals surface area contributed by atoms with Crippen LogP contribution < -0.4 is 4.74 Å². The van der Waals surface area contributed by atoms with Crippen molar-refractivity contribution in [3.05, 3.63) is 36.6 Å². The molecular formula is C11H11BrO2S2. The SMILES string of the molecule is COc1ccsc1C(O)c1sc(C)cc1Br. The van der Waals surface area contributed by atoms with E-state index < -0.39 is 6.10 Å². The van der Waals surface area contributed by atoms with Gasteiger partial charge in [-0.1, -0.05) is 0 Å². The maximum atomic E-state index is 10.3. The molecule has 2 aromatic heterocycles. The summed E-state index contributed by atoms with van der Waals surface area (Å²) >= 11 is 6.56. The lowest BCUT2D eigenvalue weighted by atomic mass is 10.2. The van der Waals surface area contributed by atoms with Gasteiger partial charge in [-0.2, -0.15) is 0 Å². The van der Waals surface area contributed by atoms with Crippen LogP contribution in [0.15, 0.2) is 22.0 Å². The maximum Gasteiger partial charge on any atom is 0.135 e. The molecule has 0 aromatic carbocycles. The van der Waals surface area contributed by atoms with Crippen LogP contribution >= 0.6 is 38.6 Å². The molecule has 86 valence electrons. The molecule has 1 unspecified atom stereocenters. The number of methoxy groups -OCH3 is 1. The number of hydrogen-bond donors (Lipinski definition) is 1. The normalized spacial score (nSPS) is 12.8. The van der Waals surface area contributed by atoms with Crippen molar-refractivity contribution in [3.63, 3.8) is 0 Å². The van der Waals surface area contributed by atoms with Crippen molar-refractivity contribution < 1.29 is 9.84 Å². The molecule has 2 heterocycles. The molecule has 0 amide bonds. The molecule has 5 heteroatoms. The van der Waals surface area contributed by atoms with E-state index in [1.807, 2.05) is 24.4 Å². The summed E-state index contributed by atoms with van der Waals surface area (Å²) in [5, 5.41) is 12.2. The van der Waals surface area contributed by atoms with Gasteiger partial charge in [0.2, 0.25) is 0 Å². The van der Waals surface area contributed by atoms with E-state index in [-0.39, 0.29) is 0 Å². The molecule has 0 spiro atoms. The van der Waals surface area contributed by atoms with Gasteiger partial charge in [0.05, 0.1) is 16.9 Å². The molecule has 2 rings (SSSR count). The Balaban J connectivity index is 2.38. The molecule has 0 aliphatic carbocycles. The lowest BCUT2D eigenvalue weighted by molar-refractivity contribution is 0.222. The van der Waals surface area contributed by atoms with Crippen LogP contribution in [0.5, 0.6) is 5.75 Å². The highest BCUT2D eigenvalue weighted by molar-refractivity contribution is 9.10. The summed E-state index contributed by atoms with van der Waals surface area (Å²) in [5.41, 5.74) is 0. The van der Waals surface area contributed by atoms with Gasteiger partial charge < -0.3 is 9.84 Å². The van der Waals surface area contributed by atoms with E-state index in [4.69, 9.17) is 4.74 Å². The Bertz CT molecular complexity index is 490. The van der Waals surface area contributed by atoms with Gasteiger partial charge in [-0.05, 0) is 40.4 Å². The minimum absolute atomic E-state index is 0.608. The van der Waals surface area contributed by atoms with Crippen molar-refractivity contribution in [1.29, 1.82) is 0 Å². The predicted molar refractivity (Wildman–Crippen MR) is 71.7 cm³/mol. The summed E-state index contributed by atoms with van der Waals surface area (Å²) in [6.45, 7) is 2.03. The second-order valence-corrected chi connectivity index (χ2v) is 6.41. The first-order valence-corrected chi connectivity index (χ1v) is 7.17. The Kier molecular flexibility index (Phi) is 3.69. The molecule has 2 aromatic rings. The summed E-state index contributed by atoms with van der Waals surface area (Å²) in [7, 11) is 1.62. The monoisotopic (exact) mass is 318 g/mol. The predicted octanol–water partition coefficient (Wildman–Crippen LogP) is 3.97. The summed E-state index contributed by atoms with van der Waals surface area (Å²) < 4.78 is 6.17. The summed E-state index contributed by atoms with van der Waals surface area (Å²) in [5.74, 6) is 0.746. The van der Waals surface area contributed by atoms with E-state index in [2.05, 4.69) is 15.9 Å². The fourth-order valence-electron chi connectivity index (χ4n) is 1.48. The average molecular weight is 319 g/mol. The van der Waals surface area contributed by atoms with Crippen molar-refractivity contribution >= 4 is 38.6 Å². The van der Waals surface area contributed by atoms with Crippen LogP contribution in [-0.2, 0) is 0 Å². The van der Waals surface area contributed by atoms with Crippen LogP contribution in [0.1, 0.15) is 20.7 Å². The van der Waals surface area contributed by atoms with E-state index in [1.165, 1.54) is 16.2 Å². The van der Waals surface area contributed by atoms with Gasteiger partial charge in [-0.25, -0.2) is 0 Å². The van der Waals surface area contributed by atoms with Gasteiger partial charge in [0.25, 0.3) is 0 Å². The van der Waals surface area contributed by atoms with Gasteiger partial charge in [-0.3, -0.25) is 0 Å². The maximum absolute atomic E-state index is 10.3. The van der Waals surface area contributed by atoms with E-state index >= 15 is 0 Å². The third-order valence-corrected chi connectivity index (χ3v) is 5.18. The van der Waals surface area contributed by atoms with Gasteiger partial charge in [-0.15, -0.1) is 22.7 Å². The Labute approximate surface area is 111 Å². The zero-order valence-corrected chi connectivity index (χ0v) is 12.1. The Morgan fingerprint density at radius 2 is 2.19 bits per heavy atom. The van der Waals surface area contributed by atoms with E-state index in [1.54, 1.807) is 18.4 Å². The molecule has 0 bridgehead atoms. The molecule has 0 aliphatic rings. The topological polar surface area (TPSA) is 29.5 Å². The quantitative estimate of drug-likeness (QED) is 0.927. The van der Waals surface area contributed by atoms with Crippen molar-refractivity contribution in [2.75, 3.05) is 7.11 Å². The number of hydrogen-bond acceptors (Lipinski definition) is 4. The van der Waals surface area contributed by atoms with Crippen molar-refractivity contribution in [2.24, 2.45) is 0 Å². The molecule has 1 atom stereocenters. The Hall–Kier alpha value is -0.360. The van der Waals surface area contributed by atoms with Crippen molar-refractivity contribution in [1.82, 2.24) is 0 Å². The summed E-state index contributed by atoms with van der Waals surface area (Å²) in [6.07, 6.45) is -0.608. The van der Waals surface area contributed by atoms with Gasteiger partial charge in [0.1, 0.15) is 11.9 Å². The summed E-state index contributed by atoms with van der Waals surface area (Å²) in [6, 6.07) is 3.89. The Morgan fingerprint density at radius 3 is 2.75 bits per heavy atom. The minimum Gasteiger partial charge on any atom is -0.495 e. The van der Waals surface area contributed by atoms with E-state index in [0.717, 1.165) is 20.0 Å². The minimum atomic E-state index is -0.608. The van der Waals surface area contributed by atoms with Gasteiger partial charge >= 0.3 is 0 Å². The zero-order valence-electron chi connectivity index (χ0n) is 8.86. The first kappa shape index (κ1) is 12.1. The largest absolute Gasteiger partial charge is 0.495 e. The smallest absolute Gasteiger partial charge is 0.135 e. The highest BCUT2D eigenvalue weighted by atomic mass is 79.9. The number of aliphatic hydroxyl groups is 1. The molecule has 16 heavy (non-hydrogen) atoms. The highest BCUT2D eigenvalue weighted by Crippen LogP contribution is 2.40. The number of aliphatic hydroxyl groups excluding tert-OH is 1. The highest BCUT2D eigenvalue weighted by Gasteiger charge is 2.21. The van der Waals surface area contributed by atoms with Gasteiger partial charge in [0.15, 0.2) is 0 Å². The van der Waals surface area contributed by atoms with Crippen LogP contribution in [0.2, 0.25) is 0 Å². The van der Waals surface area contributed by atoms with Crippen LogP contribution in [0, 0.1) is 6.92 Å². The average Bonchev–Trinajstić information content (AvgIpc) is 2.83. The van der Waals surface area contributed by atoms with Crippen molar-refractivity contribution in [3.8, 4) is 5.75 Å². The molecule has 0 saturated heterocycles. The summed E-state index contributed by atoms with van der Waals surface area (Å²) in [4.78, 5) is 2.96. The molecule has 2 nitrogen and oxygen atoms in total. The standard InChI is InChI=1S/C11H11BrO2S2/c1-6-5-7(12)10(16-6)9(13)11-8(14-2)3-4-15-11/h3-5,9,13H,1-2H3. The number of rotatable bonds is 3. The molecule has 0 fully saturated rings. The van der Waals surface area contributed by atoms with Gasteiger partial charge in [0, 0.05) is 9.35 Å². The van der Waals surface area contributed by atoms with Crippen molar-refractivity contribution in [2.45, 2.75) is 13.0 Å². The number of ether oxygens (including phenoxy) is 1. The first-order valence-electron chi connectivity index (χ1n) is 4.68. The molecule has 0 aliphatic heterocycles. The molecule has 1 N–H and O–H groups in total. The number of thiophene rings is 2. The third kappa shape index (κ3) is 2.18. The van der Waals surface area contributed by atoms with Crippen LogP contribution in [0.4, 0.5) is 0 Å². The zero-order chi connectivity index (χ0) is 11.7. The van der Waals surface area contributed by atoms with Crippen LogP contribution in [0.25, 0.3) is 0 Å². The second kappa shape index (κ2) is 4.87. The fourth-order valence-corrected chi connectivity index (χ4v) is 4.28. The second-order valence-electron chi connectivity index (χ2n) is 3.33. The molecule has 0 saturated carbocycles. The fraction of sp³-hybridized carbons (Fsp3) is 0.273. The van der Waals surface area contributed by atoms with E-state index in [9.17, 15) is 5.11 Å². The lowest BCUT2D eigenvalue weighted by Gasteiger charge is -2.09. The third-order valence-electron chi connectivity index (χ3n) is 2.21. The van der Waals surface area contributed by atoms with Crippen LogP contribution in [-0.4, -0.2) is 12.2 Å². The Morgan fingerprint density at radius 1 is 1.44 bits per heavy atom. The molecular weight excluding hydrogens is 308 g/mol. The number of aryl methyl sites for hydroxylation is 1. The first-order chi connectivity index (χ1) is 7.63. The number of halogens is 1.